The summed E-state index contributed by atoms with van der Waals surface area (Å²) in [5.41, 5.74) is 4.34. The third kappa shape index (κ3) is 6.42. The molecule has 5 nitrogen and oxygen atoms in total. The minimum Gasteiger partial charge on any atom is -0.488 e. The molecule has 2 heterocycles. The summed E-state index contributed by atoms with van der Waals surface area (Å²) < 4.78 is 5.96. The SMILES string of the molecule is C[C@H](Oc1ccc(-c2ccc(CC(=O)N3CCCC3)cc2)cc1)[C@H](O)CCc1cccnc1. The van der Waals surface area contributed by atoms with Crippen molar-refractivity contribution >= 4 is 5.91 Å². The number of pyridine rings is 1. The summed E-state index contributed by atoms with van der Waals surface area (Å²) in [6, 6.07) is 20.0. The fourth-order valence-corrected chi connectivity index (χ4v) is 4.18. The van der Waals surface area contributed by atoms with Gasteiger partial charge in [0.05, 0.1) is 12.5 Å². The lowest BCUT2D eigenvalue weighted by Crippen LogP contribution is -2.29. The van der Waals surface area contributed by atoms with Crippen molar-refractivity contribution in [2.75, 3.05) is 13.1 Å². The van der Waals surface area contributed by atoms with Crippen LogP contribution in [0, 0.1) is 0 Å². The van der Waals surface area contributed by atoms with Gasteiger partial charge in [-0.1, -0.05) is 42.5 Å². The molecule has 1 N–H and O–H groups in total. The molecule has 3 aromatic rings. The molecule has 0 radical (unpaired) electrons. The summed E-state index contributed by atoms with van der Waals surface area (Å²) in [6.07, 6.45) is 6.81. The van der Waals surface area contributed by atoms with Crippen LogP contribution in [0.5, 0.6) is 5.75 Å². The van der Waals surface area contributed by atoms with Gasteiger partial charge < -0.3 is 14.7 Å². The Labute approximate surface area is 196 Å². The molecule has 4 rings (SSSR count). The second-order valence-corrected chi connectivity index (χ2v) is 8.78. The molecule has 1 fully saturated rings. The monoisotopic (exact) mass is 444 g/mol. The average Bonchev–Trinajstić information content (AvgIpc) is 3.39. The van der Waals surface area contributed by atoms with Gasteiger partial charge in [-0.25, -0.2) is 0 Å². The standard InChI is InChI=1S/C28H32N2O3/c1-21(27(31)15-8-23-5-4-16-29-20-23)33-26-13-11-25(12-14-26)24-9-6-22(7-10-24)19-28(32)30-17-2-3-18-30/h4-7,9-14,16,20-21,27,31H,2-3,8,15,17-19H2,1H3/t21-,27+/m0/s1. The summed E-state index contributed by atoms with van der Waals surface area (Å²) in [6.45, 7) is 3.68. The lowest BCUT2D eigenvalue weighted by atomic mass is 10.0. The Morgan fingerprint density at radius 2 is 1.67 bits per heavy atom. The number of amides is 1. The quantitative estimate of drug-likeness (QED) is 0.521. The first kappa shape index (κ1) is 23.0. The van der Waals surface area contributed by atoms with Crippen molar-refractivity contribution in [1.82, 2.24) is 9.88 Å². The van der Waals surface area contributed by atoms with Gasteiger partial charge >= 0.3 is 0 Å². The number of likely N-dealkylation sites (tertiary alicyclic amines) is 1. The minimum atomic E-state index is -0.555. The molecule has 1 aliphatic heterocycles. The molecule has 5 heteroatoms. The Hall–Kier alpha value is -3.18. The predicted molar refractivity (Wildman–Crippen MR) is 130 cm³/mol. The van der Waals surface area contributed by atoms with Crippen LogP contribution in [-0.2, 0) is 17.6 Å². The number of aryl methyl sites for hydroxylation is 1. The highest BCUT2D eigenvalue weighted by molar-refractivity contribution is 5.79. The Morgan fingerprint density at radius 1 is 1.00 bits per heavy atom. The fourth-order valence-electron chi connectivity index (χ4n) is 4.18. The first-order chi connectivity index (χ1) is 16.1. The van der Waals surface area contributed by atoms with Crippen molar-refractivity contribution in [1.29, 1.82) is 0 Å². The van der Waals surface area contributed by atoms with Crippen LogP contribution in [0.3, 0.4) is 0 Å². The first-order valence-electron chi connectivity index (χ1n) is 11.8. The molecule has 1 aromatic heterocycles. The number of ether oxygens (including phenoxy) is 1. The minimum absolute atomic E-state index is 0.221. The van der Waals surface area contributed by atoms with E-state index in [9.17, 15) is 9.90 Å². The van der Waals surface area contributed by atoms with Gasteiger partial charge in [0, 0.05) is 25.5 Å². The fraction of sp³-hybridized carbons (Fsp3) is 0.357. The Balaban J connectivity index is 1.28. The van der Waals surface area contributed by atoms with E-state index in [0.717, 1.165) is 60.4 Å². The van der Waals surface area contributed by atoms with Gasteiger partial charge in [0.1, 0.15) is 11.9 Å². The van der Waals surface area contributed by atoms with Crippen LogP contribution in [-0.4, -0.2) is 46.2 Å². The molecule has 2 aromatic carbocycles. The smallest absolute Gasteiger partial charge is 0.226 e. The zero-order valence-electron chi connectivity index (χ0n) is 19.2. The van der Waals surface area contributed by atoms with Gasteiger partial charge in [0.2, 0.25) is 5.91 Å². The summed E-state index contributed by atoms with van der Waals surface area (Å²) in [7, 11) is 0. The number of aromatic nitrogens is 1. The van der Waals surface area contributed by atoms with Crippen molar-refractivity contribution in [3.63, 3.8) is 0 Å². The normalized spacial score (nSPS) is 15.3. The number of aliphatic hydroxyl groups excluding tert-OH is 1. The molecule has 172 valence electrons. The number of hydrogen-bond donors (Lipinski definition) is 1. The topological polar surface area (TPSA) is 62.7 Å². The van der Waals surface area contributed by atoms with E-state index in [1.165, 1.54) is 0 Å². The number of carbonyl (C=O) groups excluding carboxylic acids is 1. The maximum atomic E-state index is 12.3. The van der Waals surface area contributed by atoms with Gasteiger partial charge in [-0.15, -0.1) is 0 Å². The highest BCUT2D eigenvalue weighted by atomic mass is 16.5. The van der Waals surface area contributed by atoms with Crippen LogP contribution in [0.25, 0.3) is 11.1 Å². The van der Waals surface area contributed by atoms with E-state index < -0.39 is 6.10 Å². The van der Waals surface area contributed by atoms with Crippen LogP contribution in [0.1, 0.15) is 37.3 Å². The van der Waals surface area contributed by atoms with E-state index in [1.54, 1.807) is 6.20 Å². The molecule has 0 saturated carbocycles. The third-order valence-corrected chi connectivity index (χ3v) is 6.27. The molecule has 33 heavy (non-hydrogen) atoms. The number of rotatable bonds is 9. The van der Waals surface area contributed by atoms with E-state index >= 15 is 0 Å². The van der Waals surface area contributed by atoms with E-state index in [4.69, 9.17) is 4.74 Å². The largest absolute Gasteiger partial charge is 0.488 e. The number of benzene rings is 2. The molecule has 1 aliphatic rings. The molecule has 1 amide bonds. The third-order valence-electron chi connectivity index (χ3n) is 6.27. The van der Waals surface area contributed by atoms with Crippen LogP contribution in [0.15, 0.2) is 73.1 Å². The van der Waals surface area contributed by atoms with E-state index in [2.05, 4.69) is 17.1 Å². The first-order valence-corrected chi connectivity index (χ1v) is 11.8. The summed E-state index contributed by atoms with van der Waals surface area (Å²) >= 11 is 0. The Morgan fingerprint density at radius 3 is 2.30 bits per heavy atom. The van der Waals surface area contributed by atoms with Crippen molar-refractivity contribution in [2.45, 2.75) is 51.2 Å². The zero-order valence-corrected chi connectivity index (χ0v) is 19.2. The lowest BCUT2D eigenvalue weighted by Gasteiger charge is -2.20. The molecule has 2 atom stereocenters. The van der Waals surface area contributed by atoms with E-state index in [0.29, 0.717) is 12.8 Å². The molecular weight excluding hydrogens is 412 g/mol. The highest BCUT2D eigenvalue weighted by Gasteiger charge is 2.18. The number of hydrogen-bond acceptors (Lipinski definition) is 4. The van der Waals surface area contributed by atoms with Crippen molar-refractivity contribution in [3.8, 4) is 16.9 Å². The number of nitrogens with zero attached hydrogens (tertiary/aromatic N) is 2. The van der Waals surface area contributed by atoms with Gasteiger partial charge in [0.15, 0.2) is 0 Å². The lowest BCUT2D eigenvalue weighted by molar-refractivity contribution is -0.129. The summed E-state index contributed by atoms with van der Waals surface area (Å²) in [4.78, 5) is 18.4. The van der Waals surface area contributed by atoms with Crippen molar-refractivity contribution < 1.29 is 14.6 Å². The van der Waals surface area contributed by atoms with E-state index in [-0.39, 0.29) is 12.0 Å². The van der Waals surface area contributed by atoms with Gasteiger partial charge in [-0.2, -0.15) is 0 Å². The number of carbonyl (C=O) groups is 1. The molecule has 0 spiro atoms. The second-order valence-electron chi connectivity index (χ2n) is 8.78. The van der Waals surface area contributed by atoms with E-state index in [1.807, 2.05) is 66.6 Å². The molecule has 1 saturated heterocycles. The number of aliphatic hydroxyl groups is 1. The van der Waals surface area contributed by atoms with Gasteiger partial charge in [-0.3, -0.25) is 9.78 Å². The predicted octanol–water partition coefficient (Wildman–Crippen LogP) is 4.67. The molecule has 0 bridgehead atoms. The van der Waals surface area contributed by atoms with Crippen molar-refractivity contribution in [2.24, 2.45) is 0 Å². The Kier molecular flexibility index (Phi) is 7.74. The maximum absolute atomic E-state index is 12.3. The molecule has 0 unspecified atom stereocenters. The van der Waals surface area contributed by atoms with Crippen LogP contribution in [0.4, 0.5) is 0 Å². The average molecular weight is 445 g/mol. The maximum Gasteiger partial charge on any atom is 0.226 e. The van der Waals surface area contributed by atoms with Gasteiger partial charge in [0.25, 0.3) is 0 Å². The second kappa shape index (κ2) is 11.1. The highest BCUT2D eigenvalue weighted by Crippen LogP contribution is 2.24. The van der Waals surface area contributed by atoms with Crippen LogP contribution >= 0.6 is 0 Å². The zero-order chi connectivity index (χ0) is 23.0. The molecular formula is C28H32N2O3. The Bertz CT molecular complexity index is 1010. The van der Waals surface area contributed by atoms with Crippen molar-refractivity contribution in [3.05, 3.63) is 84.2 Å². The van der Waals surface area contributed by atoms with Crippen LogP contribution in [0.2, 0.25) is 0 Å². The van der Waals surface area contributed by atoms with Gasteiger partial charge in [-0.05, 0) is 73.1 Å². The summed E-state index contributed by atoms with van der Waals surface area (Å²) in [5, 5.41) is 10.5. The summed E-state index contributed by atoms with van der Waals surface area (Å²) in [5.74, 6) is 0.956. The molecule has 0 aliphatic carbocycles. The van der Waals surface area contributed by atoms with Crippen LogP contribution < -0.4 is 4.74 Å².